The summed E-state index contributed by atoms with van der Waals surface area (Å²) in [6.07, 6.45) is 24.3. The molecule has 0 aromatic heterocycles. The van der Waals surface area contributed by atoms with Gasteiger partial charge in [0.05, 0.1) is 0 Å². The largest absolute Gasteiger partial charge is 0.330 e. The van der Waals surface area contributed by atoms with Gasteiger partial charge in [0.25, 0.3) is 0 Å². The zero-order valence-electron chi connectivity index (χ0n) is 39.2. The molecule has 3 saturated carbocycles. The third-order valence-corrected chi connectivity index (χ3v) is 16.2. The summed E-state index contributed by atoms with van der Waals surface area (Å²) < 4.78 is 0. The number of nitrogens with two attached hydrogens (primary N) is 1. The average Bonchev–Trinajstić information content (AvgIpc) is 4.23. The third kappa shape index (κ3) is 8.40. The van der Waals surface area contributed by atoms with Gasteiger partial charge >= 0.3 is 0 Å². The zero-order valence-corrected chi connectivity index (χ0v) is 39.2. The molecule has 0 bridgehead atoms. The van der Waals surface area contributed by atoms with Crippen LogP contribution in [0, 0.1) is 23.2 Å². The minimum absolute atomic E-state index is 0.556. The van der Waals surface area contributed by atoms with Crippen molar-refractivity contribution in [1.29, 1.82) is 0 Å². The highest BCUT2D eigenvalue weighted by Gasteiger charge is 2.77. The molecule has 1 spiro atoms. The Balaban J connectivity index is 0.000000769. The van der Waals surface area contributed by atoms with Crippen molar-refractivity contribution in [3.63, 3.8) is 0 Å². The van der Waals surface area contributed by atoms with Crippen molar-refractivity contribution in [2.75, 3.05) is 11.4 Å². The van der Waals surface area contributed by atoms with Crippen molar-refractivity contribution in [2.24, 2.45) is 28.9 Å². The molecule has 7 unspecified atom stereocenters. The molecule has 11 rings (SSSR count). The van der Waals surface area contributed by atoms with E-state index in [1.807, 2.05) is 0 Å². The van der Waals surface area contributed by atoms with E-state index in [0.717, 1.165) is 53.2 Å². The lowest BCUT2D eigenvalue weighted by atomic mass is 9.60. The van der Waals surface area contributed by atoms with Crippen LogP contribution in [0.25, 0.3) is 36.5 Å². The van der Waals surface area contributed by atoms with E-state index in [1.54, 1.807) is 22.3 Å². The van der Waals surface area contributed by atoms with Crippen LogP contribution < -0.4 is 10.6 Å². The molecule has 330 valence electrons. The Labute approximate surface area is 390 Å². The molecule has 0 amide bonds. The quantitative estimate of drug-likeness (QED) is 0.111. The van der Waals surface area contributed by atoms with Gasteiger partial charge in [0.2, 0.25) is 0 Å². The summed E-state index contributed by atoms with van der Waals surface area (Å²) in [6.45, 7) is 10.6. The number of hydrogen-bond donors (Lipinski definition) is 1. The molecule has 6 aromatic carbocycles. The van der Waals surface area contributed by atoms with Crippen LogP contribution in [-0.2, 0) is 0 Å². The molecule has 0 aliphatic heterocycles. The number of hydrogen-bond acceptors (Lipinski definition) is 2. The number of benzene rings is 6. The first-order chi connectivity index (χ1) is 31.9. The molecule has 0 saturated heterocycles. The van der Waals surface area contributed by atoms with E-state index < -0.39 is 0 Å². The Morgan fingerprint density at radius 3 is 1.55 bits per heavy atom. The van der Waals surface area contributed by atoms with Gasteiger partial charge in [-0.25, -0.2) is 0 Å². The summed E-state index contributed by atoms with van der Waals surface area (Å²) in [5, 5.41) is 0. The first-order valence-electron chi connectivity index (χ1n) is 25.1. The van der Waals surface area contributed by atoms with E-state index in [9.17, 15) is 0 Å². The van der Waals surface area contributed by atoms with Gasteiger partial charge in [0.1, 0.15) is 0 Å². The summed E-state index contributed by atoms with van der Waals surface area (Å²) in [7, 11) is 0. The molecule has 5 aliphatic carbocycles. The smallest absolute Gasteiger partial charge is 0.0462 e. The van der Waals surface area contributed by atoms with E-state index >= 15 is 0 Å². The summed E-state index contributed by atoms with van der Waals surface area (Å²) >= 11 is 0. The van der Waals surface area contributed by atoms with Gasteiger partial charge in [0.15, 0.2) is 0 Å². The SMILES string of the molecule is CCCC1CC(CC)c2cccc(/C=C/c3ccc(N(c4ccc(/C=C/c5ccccc5)cc4)c4ccc(/C=C/c5cccc6c5C5C(C)C57C(C)CC67)cc4)cc3)c21.NCCC1CC1. The number of nitrogens with zero attached hydrogens (tertiary/aromatic N) is 1. The maximum Gasteiger partial charge on any atom is 0.0462 e. The summed E-state index contributed by atoms with van der Waals surface area (Å²) in [4.78, 5) is 2.38. The zero-order chi connectivity index (χ0) is 44.5. The van der Waals surface area contributed by atoms with Crippen LogP contribution in [0.15, 0.2) is 140 Å². The fraction of sp³-hybridized carbons (Fsp3) is 0.333. The molecule has 0 heterocycles. The molecule has 6 aromatic rings. The fourth-order valence-corrected chi connectivity index (χ4v) is 12.7. The summed E-state index contributed by atoms with van der Waals surface area (Å²) in [6, 6.07) is 51.6. The van der Waals surface area contributed by atoms with Crippen LogP contribution in [0.3, 0.4) is 0 Å². The molecule has 5 aliphatic rings. The topological polar surface area (TPSA) is 29.3 Å². The molecule has 65 heavy (non-hydrogen) atoms. The number of anilines is 3. The normalized spacial score (nSPS) is 24.6. The first kappa shape index (κ1) is 43.2. The van der Waals surface area contributed by atoms with Gasteiger partial charge in [-0.2, -0.15) is 0 Å². The maximum atomic E-state index is 5.27. The van der Waals surface area contributed by atoms with Crippen LogP contribution in [0.5, 0.6) is 0 Å². The molecule has 2 N–H and O–H groups in total. The maximum absolute atomic E-state index is 5.27. The van der Waals surface area contributed by atoms with Crippen molar-refractivity contribution in [3.8, 4) is 0 Å². The molecule has 2 nitrogen and oxygen atoms in total. The van der Waals surface area contributed by atoms with E-state index in [-0.39, 0.29) is 0 Å². The van der Waals surface area contributed by atoms with Gasteiger partial charge in [-0.05, 0) is 178 Å². The van der Waals surface area contributed by atoms with Crippen molar-refractivity contribution in [2.45, 2.75) is 103 Å². The van der Waals surface area contributed by atoms with E-state index in [0.29, 0.717) is 17.3 Å². The second-order valence-electron chi connectivity index (χ2n) is 20.0. The first-order valence-corrected chi connectivity index (χ1v) is 25.1. The summed E-state index contributed by atoms with van der Waals surface area (Å²) in [5.74, 6) is 5.58. The second kappa shape index (κ2) is 18.7. The Bertz CT molecular complexity index is 2660. The lowest BCUT2D eigenvalue weighted by Gasteiger charge is -2.43. The highest BCUT2D eigenvalue weighted by atomic mass is 15.1. The van der Waals surface area contributed by atoms with Crippen LogP contribution in [0.1, 0.15) is 158 Å². The monoisotopic (exact) mass is 853 g/mol. The third-order valence-electron chi connectivity index (χ3n) is 16.2. The fourth-order valence-electron chi connectivity index (χ4n) is 12.7. The van der Waals surface area contributed by atoms with Crippen molar-refractivity contribution >= 4 is 53.5 Å². The number of rotatable bonds is 14. The minimum Gasteiger partial charge on any atom is -0.330 e. The highest BCUT2D eigenvalue weighted by Crippen LogP contribution is 2.86. The Morgan fingerprint density at radius 1 is 0.538 bits per heavy atom. The Hall–Kier alpha value is -5.70. The van der Waals surface area contributed by atoms with Gasteiger partial charge in [0, 0.05) is 17.1 Å². The molecular weight excluding hydrogens is 785 g/mol. The van der Waals surface area contributed by atoms with Crippen LogP contribution in [0.4, 0.5) is 17.1 Å². The number of fused-ring (bicyclic) bond motifs is 4. The molecule has 7 atom stereocenters. The molecular formula is C63H68N2. The average molecular weight is 853 g/mol. The van der Waals surface area contributed by atoms with Crippen molar-refractivity contribution < 1.29 is 0 Å². The Morgan fingerprint density at radius 2 is 1.06 bits per heavy atom. The lowest BCUT2D eigenvalue weighted by molar-refractivity contribution is 0.111. The van der Waals surface area contributed by atoms with E-state index in [1.165, 1.54) is 84.7 Å². The molecule has 3 fully saturated rings. The van der Waals surface area contributed by atoms with E-state index in [2.05, 4.69) is 209 Å². The van der Waals surface area contributed by atoms with Crippen molar-refractivity contribution in [1.82, 2.24) is 0 Å². The van der Waals surface area contributed by atoms with Gasteiger partial charge in [-0.3, -0.25) is 0 Å². The second-order valence-corrected chi connectivity index (χ2v) is 20.0. The lowest BCUT2D eigenvalue weighted by Crippen LogP contribution is -2.34. The predicted molar refractivity (Wildman–Crippen MR) is 280 cm³/mol. The summed E-state index contributed by atoms with van der Waals surface area (Å²) in [5.41, 5.74) is 23.3. The highest BCUT2D eigenvalue weighted by molar-refractivity contribution is 5.81. The standard InChI is InChI=1S/C58H57N.C5H11N/c1-5-12-48-38-45(6-2)52-17-10-15-46(55(48)52)29-21-43-25-33-50(34-26-43)59(49-31-23-42(24-32-49)20-19-41-13-8-7-9-14-41)51-35-27-44(28-36-51)22-30-47-16-11-18-53-54-37-39(3)58(54)40(4)57(58)56(47)53;6-4-3-5-1-2-5/h7-11,13-36,39-40,45,48,54,57H,5-6,12,37-38H2,1-4H3;5H,1-4,6H2/b20-19+,29-21+,30-22+;. The van der Waals surface area contributed by atoms with Crippen molar-refractivity contribution in [3.05, 3.63) is 195 Å². The van der Waals surface area contributed by atoms with Crippen LogP contribution in [-0.4, -0.2) is 6.54 Å². The minimum atomic E-state index is 0.556. The van der Waals surface area contributed by atoms with Gasteiger partial charge < -0.3 is 10.6 Å². The van der Waals surface area contributed by atoms with Gasteiger partial charge in [-0.15, -0.1) is 0 Å². The Kier molecular flexibility index (Phi) is 12.4. The van der Waals surface area contributed by atoms with Crippen LogP contribution >= 0.6 is 0 Å². The molecule has 0 radical (unpaired) electrons. The molecule has 2 heteroatoms. The van der Waals surface area contributed by atoms with E-state index in [4.69, 9.17) is 5.73 Å². The van der Waals surface area contributed by atoms with Gasteiger partial charge in [-0.1, -0.05) is 187 Å². The predicted octanol–water partition coefficient (Wildman–Crippen LogP) is 17.1. The van der Waals surface area contributed by atoms with Crippen LogP contribution in [0.2, 0.25) is 0 Å².